The molecule has 0 spiro atoms. The van der Waals surface area contributed by atoms with Gasteiger partial charge in [-0.25, -0.2) is 0 Å². The molecule has 2 unspecified atom stereocenters. The number of nitrogens with zero attached hydrogens (tertiary/aromatic N) is 1. The predicted octanol–water partition coefficient (Wildman–Crippen LogP) is 2.51. The van der Waals surface area contributed by atoms with E-state index in [9.17, 15) is 0 Å². The summed E-state index contributed by atoms with van der Waals surface area (Å²) < 4.78 is 11.2. The van der Waals surface area contributed by atoms with Gasteiger partial charge in [-0.15, -0.1) is 0 Å². The minimum Gasteiger partial charge on any atom is -0.353 e. The zero-order chi connectivity index (χ0) is 12.1. The van der Waals surface area contributed by atoms with Crippen LogP contribution in [0.2, 0.25) is 0 Å². The second kappa shape index (κ2) is 6.72. The first-order chi connectivity index (χ1) is 8.33. The fourth-order valence-corrected chi connectivity index (χ4v) is 3.39. The molecular weight excluding hydrogens is 214 g/mol. The van der Waals surface area contributed by atoms with Crippen molar-refractivity contribution in [2.75, 3.05) is 32.8 Å². The van der Waals surface area contributed by atoms with E-state index in [1.54, 1.807) is 0 Å². The Morgan fingerprint density at radius 2 is 1.65 bits per heavy atom. The number of likely N-dealkylation sites (tertiary alicyclic amines) is 1. The number of ether oxygens (including phenoxy) is 2. The van der Waals surface area contributed by atoms with Gasteiger partial charge in [-0.1, -0.05) is 6.42 Å². The van der Waals surface area contributed by atoms with Crippen LogP contribution >= 0.6 is 0 Å². The molecule has 2 rings (SSSR count). The Morgan fingerprint density at radius 1 is 1.06 bits per heavy atom. The van der Waals surface area contributed by atoms with Crippen LogP contribution in [0, 0.1) is 11.8 Å². The normalized spacial score (nSPS) is 29.1. The summed E-state index contributed by atoms with van der Waals surface area (Å²) in [6, 6.07) is 0. The second-order valence-corrected chi connectivity index (χ2v) is 5.34. The standard InChI is InChI=1S/C14H27NO2/c1-3-16-14(17-4-2)8-9-15-10-12-6-5-7-13(12)11-15/h12-14H,3-11H2,1-2H3. The van der Waals surface area contributed by atoms with E-state index in [2.05, 4.69) is 4.90 Å². The third-order valence-electron chi connectivity index (χ3n) is 4.19. The lowest BCUT2D eigenvalue weighted by atomic mass is 10.0. The molecule has 1 heterocycles. The average Bonchev–Trinajstić information content (AvgIpc) is 2.86. The summed E-state index contributed by atoms with van der Waals surface area (Å²) in [6.07, 6.45) is 5.40. The third kappa shape index (κ3) is 3.67. The molecule has 3 nitrogen and oxygen atoms in total. The summed E-state index contributed by atoms with van der Waals surface area (Å²) in [6.45, 7) is 9.33. The minimum atomic E-state index is 0.00504. The van der Waals surface area contributed by atoms with Gasteiger partial charge >= 0.3 is 0 Å². The van der Waals surface area contributed by atoms with Gasteiger partial charge in [0.15, 0.2) is 6.29 Å². The molecule has 0 aromatic heterocycles. The van der Waals surface area contributed by atoms with Crippen molar-refractivity contribution in [3.8, 4) is 0 Å². The highest BCUT2D eigenvalue weighted by Crippen LogP contribution is 2.37. The van der Waals surface area contributed by atoms with Crippen molar-refractivity contribution in [1.29, 1.82) is 0 Å². The van der Waals surface area contributed by atoms with E-state index in [-0.39, 0.29) is 6.29 Å². The zero-order valence-electron chi connectivity index (χ0n) is 11.4. The van der Waals surface area contributed by atoms with Crippen molar-refractivity contribution in [1.82, 2.24) is 4.90 Å². The second-order valence-electron chi connectivity index (χ2n) is 5.34. The van der Waals surface area contributed by atoms with Crippen molar-refractivity contribution in [2.24, 2.45) is 11.8 Å². The van der Waals surface area contributed by atoms with Crippen LogP contribution in [0.3, 0.4) is 0 Å². The van der Waals surface area contributed by atoms with E-state index in [0.717, 1.165) is 38.0 Å². The maximum Gasteiger partial charge on any atom is 0.158 e. The van der Waals surface area contributed by atoms with Crippen molar-refractivity contribution in [2.45, 2.75) is 45.8 Å². The quantitative estimate of drug-likeness (QED) is 0.639. The molecular formula is C14H27NO2. The van der Waals surface area contributed by atoms with Crippen molar-refractivity contribution >= 4 is 0 Å². The van der Waals surface area contributed by atoms with Gasteiger partial charge in [0.2, 0.25) is 0 Å². The maximum atomic E-state index is 5.59. The van der Waals surface area contributed by atoms with E-state index >= 15 is 0 Å². The minimum absolute atomic E-state index is 0.00504. The molecule has 100 valence electrons. The highest BCUT2D eigenvalue weighted by molar-refractivity contribution is 4.88. The molecule has 1 saturated heterocycles. The molecule has 1 aliphatic heterocycles. The summed E-state index contributed by atoms with van der Waals surface area (Å²) >= 11 is 0. The summed E-state index contributed by atoms with van der Waals surface area (Å²) in [5.41, 5.74) is 0. The molecule has 0 bridgehead atoms. The van der Waals surface area contributed by atoms with Gasteiger partial charge in [0.05, 0.1) is 0 Å². The fraction of sp³-hybridized carbons (Fsp3) is 1.00. The third-order valence-corrected chi connectivity index (χ3v) is 4.19. The van der Waals surface area contributed by atoms with Gasteiger partial charge in [0, 0.05) is 39.3 Å². The average molecular weight is 241 g/mol. The molecule has 0 N–H and O–H groups in total. The summed E-state index contributed by atoms with van der Waals surface area (Å²) in [4.78, 5) is 2.61. The number of fused-ring (bicyclic) bond motifs is 1. The first-order valence-electron chi connectivity index (χ1n) is 7.29. The van der Waals surface area contributed by atoms with Crippen LogP contribution < -0.4 is 0 Å². The number of hydrogen-bond acceptors (Lipinski definition) is 3. The number of rotatable bonds is 7. The van der Waals surface area contributed by atoms with Crippen LogP contribution in [0.5, 0.6) is 0 Å². The topological polar surface area (TPSA) is 21.7 Å². The Kier molecular flexibility index (Phi) is 5.26. The van der Waals surface area contributed by atoms with Gasteiger partial charge in [0.25, 0.3) is 0 Å². The molecule has 0 radical (unpaired) electrons. The molecule has 17 heavy (non-hydrogen) atoms. The molecule has 1 aliphatic carbocycles. The Hall–Kier alpha value is -0.120. The number of hydrogen-bond donors (Lipinski definition) is 0. The van der Waals surface area contributed by atoms with Crippen LogP contribution in [0.1, 0.15) is 39.5 Å². The van der Waals surface area contributed by atoms with Crippen LogP contribution in [-0.4, -0.2) is 44.0 Å². The zero-order valence-corrected chi connectivity index (χ0v) is 11.4. The first-order valence-corrected chi connectivity index (χ1v) is 7.29. The van der Waals surface area contributed by atoms with Gasteiger partial charge in [-0.05, 0) is 38.5 Å². The summed E-state index contributed by atoms with van der Waals surface area (Å²) in [5, 5.41) is 0. The van der Waals surface area contributed by atoms with Crippen molar-refractivity contribution < 1.29 is 9.47 Å². The lowest BCUT2D eigenvalue weighted by Crippen LogP contribution is -2.28. The van der Waals surface area contributed by atoms with E-state index in [4.69, 9.17) is 9.47 Å². The highest BCUT2D eigenvalue weighted by atomic mass is 16.7. The first kappa shape index (κ1) is 13.3. The monoisotopic (exact) mass is 241 g/mol. The molecule has 2 aliphatic rings. The molecule has 0 amide bonds. The molecule has 2 atom stereocenters. The van der Waals surface area contributed by atoms with Gasteiger partial charge < -0.3 is 14.4 Å². The van der Waals surface area contributed by atoms with E-state index in [0.29, 0.717) is 0 Å². The molecule has 3 heteroatoms. The van der Waals surface area contributed by atoms with E-state index in [1.807, 2.05) is 13.8 Å². The highest BCUT2D eigenvalue weighted by Gasteiger charge is 2.35. The van der Waals surface area contributed by atoms with E-state index in [1.165, 1.54) is 32.4 Å². The van der Waals surface area contributed by atoms with Gasteiger partial charge in [-0.2, -0.15) is 0 Å². The van der Waals surface area contributed by atoms with Crippen LogP contribution in [0.25, 0.3) is 0 Å². The molecule has 2 fully saturated rings. The van der Waals surface area contributed by atoms with Crippen LogP contribution in [0.4, 0.5) is 0 Å². The fourth-order valence-electron chi connectivity index (χ4n) is 3.39. The SMILES string of the molecule is CCOC(CCN1CC2CCCC2C1)OCC. The van der Waals surface area contributed by atoms with Gasteiger partial charge in [-0.3, -0.25) is 0 Å². The van der Waals surface area contributed by atoms with E-state index < -0.39 is 0 Å². The van der Waals surface area contributed by atoms with Crippen LogP contribution in [-0.2, 0) is 9.47 Å². The molecule has 0 aromatic rings. The lowest BCUT2D eigenvalue weighted by Gasteiger charge is -2.21. The Morgan fingerprint density at radius 3 is 2.18 bits per heavy atom. The largest absolute Gasteiger partial charge is 0.353 e. The smallest absolute Gasteiger partial charge is 0.158 e. The van der Waals surface area contributed by atoms with Gasteiger partial charge in [0.1, 0.15) is 0 Å². The van der Waals surface area contributed by atoms with Crippen molar-refractivity contribution in [3.63, 3.8) is 0 Å². The predicted molar refractivity (Wildman–Crippen MR) is 68.9 cm³/mol. The van der Waals surface area contributed by atoms with Crippen molar-refractivity contribution in [3.05, 3.63) is 0 Å². The molecule has 1 saturated carbocycles. The Balaban J connectivity index is 1.67. The Bertz CT molecular complexity index is 204. The summed E-state index contributed by atoms with van der Waals surface area (Å²) in [5.74, 6) is 1.99. The lowest BCUT2D eigenvalue weighted by molar-refractivity contribution is -0.141. The Labute approximate surface area is 105 Å². The maximum absolute atomic E-state index is 5.59. The summed E-state index contributed by atoms with van der Waals surface area (Å²) in [7, 11) is 0. The molecule has 0 aromatic carbocycles. The van der Waals surface area contributed by atoms with Crippen LogP contribution in [0.15, 0.2) is 0 Å².